The topological polar surface area (TPSA) is 42.0 Å². The van der Waals surface area contributed by atoms with Gasteiger partial charge < -0.3 is 5.32 Å². The van der Waals surface area contributed by atoms with Gasteiger partial charge in [0.2, 0.25) is 5.91 Å². The van der Waals surface area contributed by atoms with Crippen LogP contribution in [0.3, 0.4) is 0 Å². The molecule has 3 nitrogen and oxygen atoms in total. The zero-order valence-electron chi connectivity index (χ0n) is 14.4. The monoisotopic (exact) mass is 366 g/mol. The molecule has 0 aliphatic carbocycles. The second-order valence-corrected chi connectivity index (χ2v) is 7.72. The molecule has 2 rings (SSSR count). The van der Waals surface area contributed by atoms with Crippen molar-refractivity contribution in [2.24, 2.45) is 0 Å². The van der Waals surface area contributed by atoms with E-state index in [2.05, 4.69) is 17.2 Å². The van der Waals surface area contributed by atoms with Crippen molar-refractivity contribution in [1.29, 1.82) is 0 Å². The van der Waals surface area contributed by atoms with E-state index in [1.807, 2.05) is 18.2 Å². The zero-order valence-corrected chi connectivity index (χ0v) is 16.0. The van der Waals surface area contributed by atoms with Crippen LogP contribution in [0.1, 0.15) is 71.1 Å². The fraction of sp³-hybridized carbons (Fsp3) is 0.579. The molecule has 1 heterocycles. The minimum atomic E-state index is 0.0584. The molecule has 0 unspecified atom stereocenters. The Bertz CT molecular complexity index is 641. The SMILES string of the molecule is CCCCCCCCCCCC(=O)Nc1nc2ccc(Cl)cc2s1. The summed E-state index contributed by atoms with van der Waals surface area (Å²) in [4.78, 5) is 16.4. The van der Waals surface area contributed by atoms with Crippen molar-refractivity contribution >= 4 is 44.2 Å². The van der Waals surface area contributed by atoms with Gasteiger partial charge in [-0.3, -0.25) is 4.79 Å². The fourth-order valence-electron chi connectivity index (χ4n) is 2.73. The van der Waals surface area contributed by atoms with Crippen molar-refractivity contribution in [1.82, 2.24) is 4.98 Å². The molecule has 0 fully saturated rings. The van der Waals surface area contributed by atoms with Crippen LogP contribution in [0.4, 0.5) is 5.13 Å². The summed E-state index contributed by atoms with van der Waals surface area (Å²) in [5, 5.41) is 4.26. The van der Waals surface area contributed by atoms with Gasteiger partial charge in [-0.1, -0.05) is 81.2 Å². The molecule has 24 heavy (non-hydrogen) atoms. The molecule has 5 heteroatoms. The third-order valence-corrected chi connectivity index (χ3v) is 5.27. The lowest BCUT2D eigenvalue weighted by atomic mass is 10.1. The molecule has 1 amide bonds. The van der Waals surface area contributed by atoms with Gasteiger partial charge in [0.1, 0.15) is 0 Å². The number of anilines is 1. The van der Waals surface area contributed by atoms with Gasteiger partial charge in [-0.25, -0.2) is 4.98 Å². The highest BCUT2D eigenvalue weighted by Gasteiger charge is 2.08. The van der Waals surface area contributed by atoms with Crippen LogP contribution in [-0.4, -0.2) is 10.9 Å². The second-order valence-electron chi connectivity index (χ2n) is 6.26. The molecule has 1 aromatic heterocycles. The third kappa shape index (κ3) is 6.78. The number of hydrogen-bond acceptors (Lipinski definition) is 3. The number of carbonyl (C=O) groups excluding carboxylic acids is 1. The highest BCUT2D eigenvalue weighted by molar-refractivity contribution is 7.22. The third-order valence-electron chi connectivity index (χ3n) is 4.10. The van der Waals surface area contributed by atoms with E-state index in [-0.39, 0.29) is 5.91 Å². The summed E-state index contributed by atoms with van der Waals surface area (Å²) >= 11 is 7.44. The van der Waals surface area contributed by atoms with Crippen LogP contribution < -0.4 is 5.32 Å². The van der Waals surface area contributed by atoms with E-state index in [0.29, 0.717) is 16.6 Å². The smallest absolute Gasteiger partial charge is 0.226 e. The molecular weight excluding hydrogens is 340 g/mol. The summed E-state index contributed by atoms with van der Waals surface area (Å²) in [7, 11) is 0. The van der Waals surface area contributed by atoms with Gasteiger partial charge in [-0.2, -0.15) is 0 Å². The lowest BCUT2D eigenvalue weighted by Crippen LogP contribution is -2.10. The summed E-state index contributed by atoms with van der Waals surface area (Å²) in [6, 6.07) is 5.58. The van der Waals surface area contributed by atoms with E-state index in [1.165, 1.54) is 56.3 Å². The first-order chi connectivity index (χ1) is 11.7. The molecule has 0 aliphatic rings. The molecule has 0 saturated carbocycles. The number of nitrogens with one attached hydrogen (secondary N) is 1. The number of nitrogens with zero attached hydrogens (tertiary/aromatic N) is 1. The first-order valence-electron chi connectivity index (χ1n) is 9.05. The molecule has 0 bridgehead atoms. The summed E-state index contributed by atoms with van der Waals surface area (Å²) in [5.74, 6) is 0.0584. The highest BCUT2D eigenvalue weighted by Crippen LogP contribution is 2.28. The average molecular weight is 367 g/mol. The minimum Gasteiger partial charge on any atom is -0.302 e. The lowest BCUT2D eigenvalue weighted by molar-refractivity contribution is -0.116. The summed E-state index contributed by atoms with van der Waals surface area (Å²) in [6.07, 6.45) is 11.9. The number of unbranched alkanes of at least 4 members (excludes halogenated alkanes) is 8. The Morgan fingerprint density at radius 3 is 2.46 bits per heavy atom. The Labute approximate surface area is 153 Å². The molecule has 0 spiro atoms. The van der Waals surface area contributed by atoms with E-state index in [1.54, 1.807) is 0 Å². The van der Waals surface area contributed by atoms with Gasteiger partial charge in [-0.05, 0) is 24.6 Å². The summed E-state index contributed by atoms with van der Waals surface area (Å²) in [6.45, 7) is 2.24. The van der Waals surface area contributed by atoms with Gasteiger partial charge in [0.05, 0.1) is 10.2 Å². The van der Waals surface area contributed by atoms with E-state index < -0.39 is 0 Å². The second kappa shape index (κ2) is 10.7. The predicted octanol–water partition coefficient (Wildman–Crippen LogP) is 6.81. The number of rotatable bonds is 11. The number of carbonyl (C=O) groups is 1. The maximum absolute atomic E-state index is 12.0. The molecule has 0 saturated heterocycles. The predicted molar refractivity (Wildman–Crippen MR) is 105 cm³/mol. The number of aromatic nitrogens is 1. The summed E-state index contributed by atoms with van der Waals surface area (Å²) in [5.41, 5.74) is 0.878. The van der Waals surface area contributed by atoms with Crippen molar-refractivity contribution < 1.29 is 4.79 Å². The zero-order chi connectivity index (χ0) is 17.2. The van der Waals surface area contributed by atoms with Gasteiger partial charge in [-0.15, -0.1) is 0 Å². The van der Waals surface area contributed by atoms with Crippen molar-refractivity contribution in [3.05, 3.63) is 23.2 Å². The fourth-order valence-corrected chi connectivity index (χ4v) is 3.89. The quantitative estimate of drug-likeness (QED) is 0.444. The van der Waals surface area contributed by atoms with Gasteiger partial charge in [0.15, 0.2) is 5.13 Å². The number of halogens is 1. The first-order valence-corrected chi connectivity index (χ1v) is 10.2. The number of thiazole rings is 1. The largest absolute Gasteiger partial charge is 0.302 e. The number of benzene rings is 1. The van der Waals surface area contributed by atoms with Crippen LogP contribution in [-0.2, 0) is 4.79 Å². The Morgan fingerprint density at radius 1 is 1.08 bits per heavy atom. The Morgan fingerprint density at radius 2 is 1.75 bits per heavy atom. The first kappa shape index (κ1) is 19.2. The molecule has 0 aliphatic heterocycles. The van der Waals surface area contributed by atoms with Crippen molar-refractivity contribution in [3.8, 4) is 0 Å². The normalized spacial score (nSPS) is 11.1. The number of fused-ring (bicyclic) bond motifs is 1. The molecule has 132 valence electrons. The van der Waals surface area contributed by atoms with Crippen LogP contribution >= 0.6 is 22.9 Å². The molecular formula is C19H27ClN2OS. The van der Waals surface area contributed by atoms with Crippen LogP contribution in [0, 0.1) is 0 Å². The Kier molecular flexibility index (Phi) is 8.54. The van der Waals surface area contributed by atoms with Gasteiger partial charge in [0.25, 0.3) is 0 Å². The van der Waals surface area contributed by atoms with Crippen molar-refractivity contribution in [2.45, 2.75) is 71.1 Å². The van der Waals surface area contributed by atoms with Crippen molar-refractivity contribution in [2.75, 3.05) is 5.32 Å². The van der Waals surface area contributed by atoms with Crippen LogP contribution in [0.15, 0.2) is 18.2 Å². The van der Waals surface area contributed by atoms with Crippen LogP contribution in [0.2, 0.25) is 5.02 Å². The molecule has 0 atom stereocenters. The van der Waals surface area contributed by atoms with E-state index in [0.717, 1.165) is 23.1 Å². The maximum atomic E-state index is 12.0. The van der Waals surface area contributed by atoms with Crippen LogP contribution in [0.25, 0.3) is 10.2 Å². The number of amides is 1. The lowest BCUT2D eigenvalue weighted by Gasteiger charge is -2.02. The molecule has 1 N–H and O–H groups in total. The molecule has 0 radical (unpaired) electrons. The van der Waals surface area contributed by atoms with E-state index >= 15 is 0 Å². The van der Waals surface area contributed by atoms with Crippen LogP contribution in [0.5, 0.6) is 0 Å². The van der Waals surface area contributed by atoms with Crippen molar-refractivity contribution in [3.63, 3.8) is 0 Å². The maximum Gasteiger partial charge on any atom is 0.226 e. The minimum absolute atomic E-state index is 0.0584. The van der Waals surface area contributed by atoms with E-state index in [9.17, 15) is 4.79 Å². The van der Waals surface area contributed by atoms with Gasteiger partial charge in [0, 0.05) is 11.4 Å². The van der Waals surface area contributed by atoms with E-state index in [4.69, 9.17) is 11.6 Å². The average Bonchev–Trinajstić information content (AvgIpc) is 2.94. The standard InChI is InChI=1S/C19H27ClN2OS/c1-2-3-4-5-6-7-8-9-10-11-18(23)22-19-21-16-13-12-15(20)14-17(16)24-19/h12-14H,2-11H2,1H3,(H,21,22,23). The molecule has 1 aromatic carbocycles. The highest BCUT2D eigenvalue weighted by atomic mass is 35.5. The Hall–Kier alpha value is -1.13. The summed E-state index contributed by atoms with van der Waals surface area (Å²) < 4.78 is 1.00. The molecule has 2 aromatic rings. The Balaban J connectivity index is 1.59. The number of hydrogen-bond donors (Lipinski definition) is 1. The van der Waals surface area contributed by atoms with Gasteiger partial charge >= 0.3 is 0 Å².